The molecule has 1 saturated heterocycles. The molecular formula is C103H126BF5IN9O10Si3. The van der Waals surface area contributed by atoms with Crippen molar-refractivity contribution in [1.29, 1.82) is 0 Å². The van der Waals surface area contributed by atoms with Gasteiger partial charge in [0.25, 0.3) is 0 Å². The number of methoxy groups -OCH3 is 3. The third kappa shape index (κ3) is 20.9. The molecule has 9 aliphatic carbocycles. The fourth-order valence-corrected chi connectivity index (χ4v) is 27.7. The summed E-state index contributed by atoms with van der Waals surface area (Å²) >= 11 is 2.27. The molecule has 0 radical (unpaired) electrons. The van der Waals surface area contributed by atoms with Crippen LogP contribution < -0.4 is 48.0 Å². The number of pyridine rings is 4. The van der Waals surface area contributed by atoms with Crippen molar-refractivity contribution in [2.75, 3.05) is 42.6 Å². The number of esters is 3. The van der Waals surface area contributed by atoms with Gasteiger partial charge in [0, 0.05) is 62.2 Å². The van der Waals surface area contributed by atoms with Gasteiger partial charge in [-0.15, -0.1) is 0 Å². The van der Waals surface area contributed by atoms with E-state index in [-0.39, 0.29) is 107 Å². The van der Waals surface area contributed by atoms with Crippen molar-refractivity contribution in [1.82, 2.24) is 19.9 Å². The number of ether oxygens (including phenoxy) is 3. The monoisotopic (exact) mass is 1970 g/mol. The van der Waals surface area contributed by atoms with Crippen molar-refractivity contribution in [2.24, 2.45) is 5.73 Å². The molecule has 0 amide bonds. The van der Waals surface area contributed by atoms with E-state index < -0.39 is 48.5 Å². The Morgan fingerprint density at radius 3 is 1.02 bits per heavy atom. The second-order valence-electron chi connectivity index (χ2n) is 41.3. The van der Waals surface area contributed by atoms with Crippen LogP contribution in [0.4, 0.5) is 45.2 Å². The molecule has 4 aromatic heterocycles. The van der Waals surface area contributed by atoms with Crippen LogP contribution in [0.2, 0.25) is 58.9 Å². The summed E-state index contributed by atoms with van der Waals surface area (Å²) in [5.74, 6) is 1.58. The first kappa shape index (κ1) is 97.3. The van der Waals surface area contributed by atoms with E-state index in [0.717, 1.165) is 204 Å². The van der Waals surface area contributed by atoms with E-state index in [4.69, 9.17) is 34.4 Å². The molecule has 29 heteroatoms. The van der Waals surface area contributed by atoms with Crippen molar-refractivity contribution in [3.05, 3.63) is 243 Å². The summed E-state index contributed by atoms with van der Waals surface area (Å²) in [6, 6.07) is 25.3. The van der Waals surface area contributed by atoms with Crippen molar-refractivity contribution in [3.63, 3.8) is 0 Å². The summed E-state index contributed by atoms with van der Waals surface area (Å²) in [6.07, 6.45) is 24.7. The van der Waals surface area contributed by atoms with Gasteiger partial charge in [0.05, 0.1) is 107 Å². The number of anilines is 4. The predicted octanol–water partition coefficient (Wildman–Crippen LogP) is 19.9. The lowest BCUT2D eigenvalue weighted by Crippen LogP contribution is -2.41. The van der Waals surface area contributed by atoms with Gasteiger partial charge in [-0.1, -0.05) is 98.7 Å². The van der Waals surface area contributed by atoms with E-state index in [1.54, 1.807) is 30.3 Å². The third-order valence-corrected chi connectivity index (χ3v) is 36.4. The number of nitrogens with two attached hydrogens (primary N) is 1. The highest BCUT2D eigenvalue weighted by atomic mass is 127. The molecular weight excluding hydrogens is 1840 g/mol. The summed E-state index contributed by atoms with van der Waals surface area (Å²) < 4.78 is 101. The largest absolute Gasteiger partial charge is 0.495 e. The third-order valence-electron chi connectivity index (χ3n) is 29.2. The van der Waals surface area contributed by atoms with E-state index in [2.05, 4.69) is 135 Å². The number of aromatic nitrogens is 4. The van der Waals surface area contributed by atoms with E-state index in [9.17, 15) is 36.7 Å². The Morgan fingerprint density at radius 2 is 0.689 bits per heavy atom. The second-order valence-corrected chi connectivity index (χ2v) is 57.6. The molecule has 9 atom stereocenters. The fraction of sp³-hybridized carbons (Fsp3) is 0.476. The minimum Gasteiger partial charge on any atom is -0.481 e. The molecule has 0 spiro atoms. The summed E-state index contributed by atoms with van der Waals surface area (Å²) in [7, 11) is -0.662. The molecule has 7 N–H and O–H groups in total. The highest BCUT2D eigenvalue weighted by molar-refractivity contribution is 14.1. The Kier molecular flexibility index (Phi) is 29.2. The molecule has 132 heavy (non-hydrogen) atoms. The maximum atomic E-state index is 15.1. The molecule has 1 fully saturated rings. The summed E-state index contributed by atoms with van der Waals surface area (Å²) in [6.45, 7) is 28.8. The lowest BCUT2D eigenvalue weighted by molar-refractivity contribution is -0.142. The maximum Gasteiger partial charge on any atom is 0.495 e. The molecule has 700 valence electrons. The zero-order valence-electron chi connectivity index (χ0n) is 79.0. The molecule has 9 aromatic rings. The van der Waals surface area contributed by atoms with Crippen LogP contribution in [0.25, 0.3) is 0 Å². The fourth-order valence-electron chi connectivity index (χ4n) is 21.7. The molecule has 5 heterocycles. The Bertz CT molecular complexity index is 5900. The molecule has 10 aliphatic rings. The number of nitrogens with one attached hydrogen (secondary N) is 4. The van der Waals surface area contributed by atoms with Gasteiger partial charge in [0.2, 0.25) is 0 Å². The van der Waals surface area contributed by atoms with E-state index >= 15 is 4.39 Å². The number of carboxylic acid groups (broad SMARTS) is 1. The average Bonchev–Trinajstić information content (AvgIpc) is 1.60. The Labute approximate surface area is 790 Å². The van der Waals surface area contributed by atoms with Gasteiger partial charge < -0.3 is 55.6 Å². The number of aryl methyl sites for hydroxylation is 4. The van der Waals surface area contributed by atoms with E-state index in [1.165, 1.54) is 81.9 Å². The molecule has 1 aliphatic heterocycles. The Balaban J connectivity index is 0.000000128. The summed E-state index contributed by atoms with van der Waals surface area (Å²) in [5, 5.41) is 27.0. The topological polar surface area (TPSA) is 260 Å². The van der Waals surface area contributed by atoms with Crippen LogP contribution in [0.3, 0.4) is 0 Å². The summed E-state index contributed by atoms with van der Waals surface area (Å²) in [4.78, 5) is 64.2. The lowest BCUT2D eigenvalue weighted by Gasteiger charge is -2.32. The molecule has 19 nitrogen and oxygen atoms in total. The van der Waals surface area contributed by atoms with Crippen molar-refractivity contribution >= 4 is 122 Å². The van der Waals surface area contributed by atoms with Gasteiger partial charge in [0.15, 0.2) is 0 Å². The van der Waals surface area contributed by atoms with E-state index in [1.807, 2.05) is 88.9 Å². The predicted molar refractivity (Wildman–Crippen MR) is 527 cm³/mol. The van der Waals surface area contributed by atoms with Gasteiger partial charge in [-0.05, 0) is 328 Å². The lowest BCUT2D eigenvalue weighted by atomic mass is 9.75. The van der Waals surface area contributed by atoms with Crippen LogP contribution >= 0.6 is 22.6 Å². The number of rotatable bonds is 20. The number of carbonyl (C=O) groups is 4. The number of benzene rings is 5. The standard InChI is InChI=1S/C26H32BFN2O4.C23H29FN2O2Si.C22H27FN2O2Si.C20H20FIN2O2.C12H18FNSi/c1-25(2)26(3,4)34-27(33-25)19-9-10-20(28)24-17(19)8-11-21(24)30-22-12-15-6-7-16(13-23(31)32-5)18(15)14-29-22;1-28-22(27)12-15-6-5-14-11-21(25-13-17(14)15)26-19-9-7-16-20(29(2,3)4)10-8-18(24)23(16)19;1-28(2,3)19-9-7-17(23)22-15(19)6-8-18(22)25-20-10-13-4-5-14(11-21(26)27)16(13)12-24-20;1-26-19(25)9-12-3-2-11-8-18(23-10-14(11)12)24-17-7-4-13-16(22)6-5-15(21)20(13)17;1-15(2,3)11-7-5-9(13)12-8(11)4-6-10(12)14/h9-10,12,14,16,21H,6-8,11,13H2,1-5H3,(H,29,30);8,10-11,13,15,19H,5-7,9,12H2,1-4H3,(H,25,26);7,9-10,12,14,18H,4-6,8,11H2,1-3H3,(H,24,25)(H,26,27);5-6,8,10,12,17H,2-4,7,9H2,1H3,(H,23,24);5,7,10H,4,6,14H2,1-3H3/t16-,21+;15-,19+;14-,18+;12-,17+;10-/m00001/s1. The molecule has 19 rings (SSSR count). The van der Waals surface area contributed by atoms with Gasteiger partial charge in [0.1, 0.15) is 52.4 Å². The van der Waals surface area contributed by atoms with Crippen LogP contribution in [0.5, 0.6) is 0 Å². The Morgan fingerprint density at radius 1 is 0.409 bits per heavy atom. The van der Waals surface area contributed by atoms with Gasteiger partial charge in [-0.3, -0.25) is 19.2 Å². The highest BCUT2D eigenvalue weighted by Crippen LogP contribution is 2.47. The summed E-state index contributed by atoms with van der Waals surface area (Å²) in [5.41, 5.74) is 24.8. The van der Waals surface area contributed by atoms with Crippen molar-refractivity contribution in [2.45, 2.75) is 293 Å². The number of carbonyl (C=O) groups excluding carboxylic acids is 3. The maximum absolute atomic E-state index is 15.1. The molecule has 0 unspecified atom stereocenters. The van der Waals surface area contributed by atoms with Gasteiger partial charge >= 0.3 is 31.0 Å². The van der Waals surface area contributed by atoms with Crippen LogP contribution in [-0.2, 0) is 100 Å². The minimum absolute atomic E-state index is 0.0425. The number of fused-ring (bicyclic) bond motifs is 9. The van der Waals surface area contributed by atoms with E-state index in [0.29, 0.717) is 24.8 Å². The minimum atomic E-state index is -1.53. The second kappa shape index (κ2) is 39.6. The average molecular weight is 1970 g/mol. The number of hydrogen-bond acceptors (Lipinski definition) is 18. The van der Waals surface area contributed by atoms with Crippen LogP contribution in [0.15, 0.2) is 110 Å². The Hall–Kier alpha value is -9.24. The van der Waals surface area contributed by atoms with Crippen LogP contribution in [0.1, 0.15) is 265 Å². The number of nitrogens with zero attached hydrogens (tertiary/aromatic N) is 4. The molecule has 5 aromatic carbocycles. The highest BCUT2D eigenvalue weighted by Gasteiger charge is 2.53. The van der Waals surface area contributed by atoms with Gasteiger partial charge in [-0.2, -0.15) is 0 Å². The quantitative estimate of drug-likeness (QED) is 0.0136. The van der Waals surface area contributed by atoms with Gasteiger partial charge in [-0.25, -0.2) is 41.9 Å². The zero-order chi connectivity index (χ0) is 94.5. The smallest absolute Gasteiger partial charge is 0.481 e. The number of hydrogen-bond donors (Lipinski definition) is 6. The first-order valence-corrected chi connectivity index (χ1v) is 58.4. The first-order chi connectivity index (χ1) is 62.6. The number of carboxylic acids is 1. The molecule has 0 bridgehead atoms. The first-order valence-electron chi connectivity index (χ1n) is 46.9. The van der Waals surface area contributed by atoms with Crippen molar-refractivity contribution < 1.29 is 69.8 Å². The van der Waals surface area contributed by atoms with Crippen molar-refractivity contribution in [3.8, 4) is 0 Å². The number of halogens is 6. The molecule has 0 saturated carbocycles. The number of aliphatic carboxylic acids is 1. The normalized spacial score (nSPS) is 21.4. The van der Waals surface area contributed by atoms with Crippen LogP contribution in [0, 0.1) is 32.7 Å². The van der Waals surface area contributed by atoms with Crippen LogP contribution in [-0.4, -0.2) is 113 Å². The zero-order valence-corrected chi connectivity index (χ0v) is 84.1. The SMILES string of the molecule is COC(=O)C[C@@H]1CCc2cc(N[C@@H]3CCc4c(B5OC(C)(C)C(C)(C)O5)ccc(F)c43)ncc21.COC(=O)C[C@@H]1CCc2cc(N[C@@H]3CCc4c(I)ccc(F)c43)ncc21.COC(=O)C[C@@H]1CCc2cc(N[C@@H]3CCc4c([Si](C)(C)C)ccc(F)c43)ncc21.C[Si](C)(C)c1ccc(F)c2c1CC[C@H]2N.C[Si](C)(C)c1ccc(F)c2c1CC[C@H]2Nc1cc2c(cn1)[C@H](CC(=O)O)CC2.